The number of hydrogen-bond acceptors (Lipinski definition) is 4. The van der Waals surface area contributed by atoms with Crippen LogP contribution in [0.3, 0.4) is 0 Å². The molecule has 0 bridgehead atoms. The van der Waals surface area contributed by atoms with Crippen LogP contribution >= 0.6 is 34.5 Å². The lowest BCUT2D eigenvalue weighted by Gasteiger charge is -2.09. The summed E-state index contributed by atoms with van der Waals surface area (Å²) in [6.45, 7) is 2.39. The number of hydrogen-bond donors (Lipinski definition) is 0. The highest BCUT2D eigenvalue weighted by molar-refractivity contribution is 7.09. The molecule has 0 unspecified atom stereocenters. The molecule has 1 aromatic carbocycles. The summed E-state index contributed by atoms with van der Waals surface area (Å²) in [5, 5.41) is 3.77. The second-order valence-electron chi connectivity index (χ2n) is 4.20. The number of rotatable bonds is 6. The minimum Gasteiger partial charge on any atom is -0.485 e. The monoisotopic (exact) mass is 329 g/mol. The number of aromatic nitrogens is 1. The maximum atomic E-state index is 11.0. The Bertz CT molecular complexity index is 613. The lowest BCUT2D eigenvalue weighted by atomic mass is 10.2. The lowest BCUT2D eigenvalue weighted by Crippen LogP contribution is -2.00. The van der Waals surface area contributed by atoms with Crippen LogP contribution in [0.2, 0.25) is 10.0 Å². The van der Waals surface area contributed by atoms with Crippen LogP contribution in [0.5, 0.6) is 5.75 Å². The first kappa shape index (κ1) is 15.3. The smallest absolute Gasteiger partial charge is 0.153 e. The maximum Gasteiger partial charge on any atom is 0.153 e. The van der Waals surface area contributed by atoms with Gasteiger partial charge in [0.1, 0.15) is 12.4 Å². The van der Waals surface area contributed by atoms with E-state index in [1.165, 1.54) is 6.07 Å². The number of nitrogens with zero attached hydrogens (tertiary/aromatic N) is 1. The normalized spacial score (nSPS) is 10.6. The van der Waals surface area contributed by atoms with Crippen molar-refractivity contribution in [3.05, 3.63) is 43.8 Å². The summed E-state index contributed by atoms with van der Waals surface area (Å²) in [4.78, 5) is 15.5. The van der Waals surface area contributed by atoms with E-state index >= 15 is 0 Å². The Morgan fingerprint density at radius 3 is 2.90 bits per heavy atom. The fourth-order valence-corrected chi connectivity index (χ4v) is 3.16. The van der Waals surface area contributed by atoms with Crippen molar-refractivity contribution in [3.8, 4) is 5.75 Å². The first-order valence-corrected chi connectivity index (χ1v) is 7.78. The third-order valence-electron chi connectivity index (χ3n) is 2.59. The van der Waals surface area contributed by atoms with Crippen LogP contribution in [0, 0.1) is 0 Å². The average Bonchev–Trinajstić information content (AvgIpc) is 2.85. The summed E-state index contributed by atoms with van der Waals surface area (Å²) in [6.07, 6.45) is 2.70. The highest BCUT2D eigenvalue weighted by Gasteiger charge is 2.11. The number of carbonyl (C=O) groups is 1. The van der Waals surface area contributed by atoms with Gasteiger partial charge < -0.3 is 4.74 Å². The molecule has 0 N–H and O–H groups in total. The van der Waals surface area contributed by atoms with Crippen molar-refractivity contribution in [3.63, 3.8) is 0 Å². The van der Waals surface area contributed by atoms with E-state index in [1.54, 1.807) is 17.4 Å². The van der Waals surface area contributed by atoms with E-state index in [1.807, 2.05) is 5.38 Å². The van der Waals surface area contributed by atoms with Crippen molar-refractivity contribution in [2.24, 2.45) is 0 Å². The Balaban J connectivity index is 2.11. The molecule has 2 rings (SSSR count). The minimum absolute atomic E-state index is 0.280. The van der Waals surface area contributed by atoms with Gasteiger partial charge in [-0.05, 0) is 25.0 Å². The summed E-state index contributed by atoms with van der Waals surface area (Å²) in [6, 6.07) is 3.08. The molecule has 106 valence electrons. The molecule has 0 aliphatic rings. The molecule has 1 aromatic heterocycles. The van der Waals surface area contributed by atoms with E-state index in [2.05, 4.69) is 11.9 Å². The van der Waals surface area contributed by atoms with E-state index < -0.39 is 0 Å². The molecule has 0 atom stereocenters. The van der Waals surface area contributed by atoms with Crippen molar-refractivity contribution in [2.45, 2.75) is 26.4 Å². The number of aryl methyl sites for hydroxylation is 1. The van der Waals surface area contributed by atoms with Crippen molar-refractivity contribution < 1.29 is 9.53 Å². The molecule has 0 radical (unpaired) electrons. The second-order valence-corrected chi connectivity index (χ2v) is 5.98. The van der Waals surface area contributed by atoms with Crippen molar-refractivity contribution in [1.82, 2.24) is 4.98 Å². The van der Waals surface area contributed by atoms with E-state index in [4.69, 9.17) is 27.9 Å². The predicted octanol–water partition coefficient (Wildman–Crippen LogP) is 4.79. The largest absolute Gasteiger partial charge is 0.485 e. The first-order chi connectivity index (χ1) is 9.63. The molecule has 0 amide bonds. The Kier molecular flexibility index (Phi) is 5.40. The van der Waals surface area contributed by atoms with Crippen LogP contribution in [-0.4, -0.2) is 11.3 Å². The van der Waals surface area contributed by atoms with Gasteiger partial charge in [-0.2, -0.15) is 0 Å². The number of benzene rings is 1. The molecule has 0 fully saturated rings. The highest BCUT2D eigenvalue weighted by atomic mass is 35.5. The Morgan fingerprint density at radius 2 is 2.20 bits per heavy atom. The van der Waals surface area contributed by atoms with Crippen molar-refractivity contribution in [1.29, 1.82) is 0 Å². The molecule has 0 saturated heterocycles. The van der Waals surface area contributed by atoms with Crippen LogP contribution in [0.15, 0.2) is 17.5 Å². The first-order valence-electron chi connectivity index (χ1n) is 6.14. The Morgan fingerprint density at radius 1 is 1.40 bits per heavy atom. The van der Waals surface area contributed by atoms with Gasteiger partial charge in [0.2, 0.25) is 0 Å². The molecular weight excluding hydrogens is 317 g/mol. The standard InChI is InChI=1S/C14H13Cl2NO2S/c1-2-3-13-17-11(8-20-13)7-19-14-9(6-18)4-10(15)5-12(14)16/h4-6,8H,2-3,7H2,1H3. The number of aldehydes is 1. The molecule has 1 heterocycles. The van der Waals surface area contributed by atoms with E-state index in [9.17, 15) is 4.79 Å². The van der Waals surface area contributed by atoms with Gasteiger partial charge in [-0.1, -0.05) is 30.1 Å². The molecule has 3 nitrogen and oxygen atoms in total. The van der Waals surface area contributed by atoms with E-state index in [0.29, 0.717) is 27.6 Å². The van der Waals surface area contributed by atoms with E-state index in [0.717, 1.165) is 23.5 Å². The van der Waals surface area contributed by atoms with Crippen LogP contribution in [0.4, 0.5) is 0 Å². The van der Waals surface area contributed by atoms with Gasteiger partial charge in [-0.25, -0.2) is 4.98 Å². The molecule has 0 aliphatic heterocycles. The number of carbonyl (C=O) groups excluding carboxylic acids is 1. The summed E-state index contributed by atoms with van der Waals surface area (Å²) in [5.74, 6) is 0.344. The van der Waals surface area contributed by atoms with Gasteiger partial charge in [0.05, 0.1) is 21.3 Å². The number of ether oxygens (including phenoxy) is 1. The summed E-state index contributed by atoms with van der Waals surface area (Å²) in [5.41, 5.74) is 1.17. The van der Waals surface area contributed by atoms with E-state index in [-0.39, 0.29) is 6.61 Å². The summed E-state index contributed by atoms with van der Waals surface area (Å²) in [7, 11) is 0. The molecular formula is C14H13Cl2NO2S. The number of thiazole rings is 1. The Hall–Kier alpha value is -1.10. The van der Waals surface area contributed by atoms with Gasteiger partial charge >= 0.3 is 0 Å². The third kappa shape index (κ3) is 3.72. The lowest BCUT2D eigenvalue weighted by molar-refractivity contribution is 0.111. The SMILES string of the molecule is CCCc1nc(COc2c(Cl)cc(Cl)cc2C=O)cs1. The molecule has 0 aliphatic carbocycles. The molecule has 20 heavy (non-hydrogen) atoms. The predicted molar refractivity (Wildman–Crippen MR) is 82.3 cm³/mol. The third-order valence-corrected chi connectivity index (χ3v) is 4.05. The fraction of sp³-hybridized carbons (Fsp3) is 0.286. The molecule has 0 saturated carbocycles. The topological polar surface area (TPSA) is 39.2 Å². The quantitative estimate of drug-likeness (QED) is 0.715. The molecule has 0 spiro atoms. The molecule has 2 aromatic rings. The van der Waals surface area contributed by atoms with Crippen molar-refractivity contribution >= 4 is 40.8 Å². The highest BCUT2D eigenvalue weighted by Crippen LogP contribution is 2.32. The zero-order valence-electron chi connectivity index (χ0n) is 10.9. The fourth-order valence-electron chi connectivity index (χ4n) is 1.71. The zero-order chi connectivity index (χ0) is 14.5. The van der Waals surface area contributed by atoms with Gasteiger partial charge in [-0.3, -0.25) is 4.79 Å². The summed E-state index contributed by atoms with van der Waals surface area (Å²) >= 11 is 13.5. The van der Waals surface area contributed by atoms with Crippen molar-refractivity contribution in [2.75, 3.05) is 0 Å². The molecule has 6 heteroatoms. The Labute approximate surface area is 131 Å². The van der Waals surface area contributed by atoms with Gasteiger partial charge in [-0.15, -0.1) is 11.3 Å². The zero-order valence-corrected chi connectivity index (χ0v) is 13.2. The summed E-state index contributed by atoms with van der Waals surface area (Å²) < 4.78 is 5.61. The van der Waals surface area contributed by atoms with Crippen LogP contribution in [-0.2, 0) is 13.0 Å². The second kappa shape index (κ2) is 7.07. The van der Waals surface area contributed by atoms with Gasteiger partial charge in [0.15, 0.2) is 6.29 Å². The van der Waals surface area contributed by atoms with Crippen LogP contribution in [0.25, 0.3) is 0 Å². The van der Waals surface area contributed by atoms with Crippen LogP contribution < -0.4 is 4.74 Å². The van der Waals surface area contributed by atoms with Crippen LogP contribution in [0.1, 0.15) is 34.4 Å². The van der Waals surface area contributed by atoms with Gasteiger partial charge in [0, 0.05) is 10.4 Å². The average molecular weight is 330 g/mol. The van der Waals surface area contributed by atoms with Gasteiger partial charge in [0.25, 0.3) is 0 Å². The minimum atomic E-state index is 0.280. The maximum absolute atomic E-state index is 11.0. The number of halogens is 2.